The number of amides is 5. The van der Waals surface area contributed by atoms with Crippen molar-refractivity contribution in [3.63, 3.8) is 0 Å². The second-order valence-electron chi connectivity index (χ2n) is 12.2. The summed E-state index contributed by atoms with van der Waals surface area (Å²) in [6, 6.07) is 10.4. The van der Waals surface area contributed by atoms with Crippen molar-refractivity contribution < 1.29 is 43.3 Å². The predicted octanol–water partition coefficient (Wildman–Crippen LogP) is 1.16. The molecular weight excluding hydrogens is 622 g/mol. The highest BCUT2D eigenvalue weighted by Gasteiger charge is 2.30. The van der Waals surface area contributed by atoms with Crippen LogP contribution in [0.25, 0.3) is 0 Å². The summed E-state index contributed by atoms with van der Waals surface area (Å²) in [5.41, 5.74) is 0.515. The van der Waals surface area contributed by atoms with Gasteiger partial charge in [0.1, 0.15) is 35.5 Å². The third-order valence-corrected chi connectivity index (χ3v) is 7.09. The molecule has 2 aromatic rings. The summed E-state index contributed by atoms with van der Waals surface area (Å²) in [6.07, 6.45) is 2.32. The first-order valence-electron chi connectivity index (χ1n) is 15.5. The van der Waals surface area contributed by atoms with Gasteiger partial charge in [-0.2, -0.15) is 0 Å². The Kier molecular flexibility index (Phi) is 13.5. The van der Waals surface area contributed by atoms with E-state index in [1.807, 2.05) is 6.07 Å². The van der Waals surface area contributed by atoms with Crippen molar-refractivity contribution in [3.8, 4) is 5.75 Å². The van der Waals surface area contributed by atoms with Crippen molar-refractivity contribution in [2.75, 3.05) is 13.7 Å². The number of ether oxygens (including phenoxy) is 2. The number of carbonyl (C=O) groups excluding carboxylic acids is 6. The Hall–Kier alpha value is -5.40. The molecule has 0 radical (unpaired) electrons. The Balaban J connectivity index is 1.84. The van der Waals surface area contributed by atoms with Crippen molar-refractivity contribution >= 4 is 35.7 Å². The fourth-order valence-corrected chi connectivity index (χ4v) is 4.72. The molecule has 1 aliphatic rings. The van der Waals surface area contributed by atoms with Crippen LogP contribution < -0.4 is 26.6 Å². The lowest BCUT2D eigenvalue weighted by Crippen LogP contribution is -2.56. The minimum absolute atomic E-state index is 0.00124. The number of phenols is 1. The smallest absolute Gasteiger partial charge is 0.408 e. The predicted molar refractivity (Wildman–Crippen MR) is 174 cm³/mol. The number of benzene rings is 2. The topological polar surface area (TPSA) is 201 Å². The first-order chi connectivity index (χ1) is 22.7. The number of phenolic OH excluding ortho intramolecular Hbond substituents is 1. The molecule has 0 aromatic heterocycles. The minimum atomic E-state index is -1.20. The van der Waals surface area contributed by atoms with E-state index in [4.69, 9.17) is 9.47 Å². The molecule has 2 aromatic carbocycles. The molecule has 0 saturated carbocycles. The molecular formula is C34H43N5O9. The summed E-state index contributed by atoms with van der Waals surface area (Å²) in [5, 5.41) is 22.6. The van der Waals surface area contributed by atoms with Gasteiger partial charge in [-0.15, -0.1) is 0 Å². The molecule has 0 saturated heterocycles. The fourth-order valence-electron chi connectivity index (χ4n) is 4.72. The second-order valence-corrected chi connectivity index (χ2v) is 12.2. The lowest BCUT2D eigenvalue weighted by atomic mass is 10.0. The molecule has 0 unspecified atom stereocenters. The number of nitrogens with one attached hydrogen (secondary N) is 5. The zero-order valence-electron chi connectivity index (χ0n) is 27.4. The zero-order valence-corrected chi connectivity index (χ0v) is 27.4. The van der Waals surface area contributed by atoms with Gasteiger partial charge >= 0.3 is 12.1 Å². The number of hydrogen-bond acceptors (Lipinski definition) is 9. The molecule has 5 amide bonds. The van der Waals surface area contributed by atoms with Gasteiger partial charge in [-0.25, -0.2) is 9.59 Å². The summed E-state index contributed by atoms with van der Waals surface area (Å²) >= 11 is 0. The maximum Gasteiger partial charge on any atom is 0.408 e. The van der Waals surface area contributed by atoms with Crippen molar-refractivity contribution in [2.24, 2.45) is 0 Å². The molecule has 14 heteroatoms. The van der Waals surface area contributed by atoms with Crippen LogP contribution in [-0.4, -0.2) is 84.2 Å². The molecule has 3 rings (SSSR count). The largest absolute Gasteiger partial charge is 0.508 e. The lowest BCUT2D eigenvalue weighted by molar-refractivity contribution is -0.145. The van der Waals surface area contributed by atoms with Crippen molar-refractivity contribution in [3.05, 3.63) is 77.9 Å². The molecule has 0 bridgehead atoms. The number of alkyl carbamates (subject to hydrolysis) is 1. The standard InChI is InChI=1S/C34H43N5O9/c1-34(2,3)48-33(46)39-27(19-22-14-16-23(40)17-15-22)31(44)37-24-12-8-9-13-25(32(45)47-4)38-30(43)26(18-21-10-6-5-7-11-21)36-28(41)20-35-29(24)42/h5-11,14-17,24-27,40H,12-13,18-20H2,1-4H3,(H,35,42)(H,36,41)(H,37,44)(H,38,43)(H,39,46)/b9-8+/t24-,25-,26+,27+/m1/s1. The molecule has 1 heterocycles. The van der Waals surface area contributed by atoms with Crippen molar-refractivity contribution in [1.82, 2.24) is 26.6 Å². The van der Waals surface area contributed by atoms with Gasteiger partial charge in [0.15, 0.2) is 0 Å². The van der Waals surface area contributed by atoms with Crippen LogP contribution in [0.15, 0.2) is 66.7 Å². The molecule has 0 aliphatic carbocycles. The number of rotatable bonds is 8. The van der Waals surface area contributed by atoms with Gasteiger partial charge in [-0.3, -0.25) is 19.2 Å². The van der Waals surface area contributed by atoms with Crippen LogP contribution in [0, 0.1) is 0 Å². The van der Waals surface area contributed by atoms with E-state index in [2.05, 4.69) is 26.6 Å². The number of aromatic hydroxyl groups is 1. The molecule has 6 N–H and O–H groups in total. The van der Waals surface area contributed by atoms with E-state index in [-0.39, 0.29) is 31.4 Å². The normalized spacial score (nSPS) is 20.4. The van der Waals surface area contributed by atoms with Crippen molar-refractivity contribution in [1.29, 1.82) is 0 Å². The highest BCUT2D eigenvalue weighted by Crippen LogP contribution is 2.13. The molecule has 4 atom stereocenters. The summed E-state index contributed by atoms with van der Waals surface area (Å²) in [7, 11) is 1.18. The first kappa shape index (κ1) is 37.1. The summed E-state index contributed by atoms with van der Waals surface area (Å²) < 4.78 is 10.2. The SMILES string of the molecule is COC(=O)[C@H]1C/C=C/C[C@@H](NC(=O)[C@H](Cc2ccc(O)cc2)NC(=O)OC(C)(C)C)C(=O)NCC(=O)N[C@@H](Cc2ccccc2)C(=O)N1. The van der Waals surface area contributed by atoms with Crippen LogP contribution in [0.4, 0.5) is 4.79 Å². The number of carbonyl (C=O) groups is 6. The quantitative estimate of drug-likeness (QED) is 0.177. The Labute approximate surface area is 279 Å². The Morgan fingerprint density at radius 2 is 1.58 bits per heavy atom. The summed E-state index contributed by atoms with van der Waals surface area (Å²) in [5.74, 6) is -3.39. The molecule has 258 valence electrons. The van der Waals surface area contributed by atoms with E-state index in [0.29, 0.717) is 5.56 Å². The van der Waals surface area contributed by atoms with Crippen molar-refractivity contribution in [2.45, 2.75) is 76.2 Å². The van der Waals surface area contributed by atoms with E-state index >= 15 is 0 Å². The summed E-state index contributed by atoms with van der Waals surface area (Å²) in [4.78, 5) is 78.2. The maximum atomic E-state index is 13.6. The van der Waals surface area contributed by atoms with E-state index in [9.17, 15) is 33.9 Å². The third kappa shape index (κ3) is 12.4. The van der Waals surface area contributed by atoms with Gasteiger partial charge in [-0.05, 0) is 56.9 Å². The highest BCUT2D eigenvalue weighted by molar-refractivity contribution is 5.95. The highest BCUT2D eigenvalue weighted by atomic mass is 16.6. The molecule has 1 aliphatic heterocycles. The molecule has 48 heavy (non-hydrogen) atoms. The monoisotopic (exact) mass is 665 g/mol. The fraction of sp³-hybridized carbons (Fsp3) is 0.412. The van der Waals surface area contributed by atoms with Crippen LogP contribution in [0.2, 0.25) is 0 Å². The summed E-state index contributed by atoms with van der Waals surface area (Å²) in [6.45, 7) is 4.50. The van der Waals surface area contributed by atoms with Crippen LogP contribution in [0.1, 0.15) is 44.7 Å². The van der Waals surface area contributed by atoms with E-state index < -0.39 is 72.0 Å². The van der Waals surface area contributed by atoms with Crippen LogP contribution in [0.3, 0.4) is 0 Å². The minimum Gasteiger partial charge on any atom is -0.508 e. The number of hydrogen-bond donors (Lipinski definition) is 6. The lowest BCUT2D eigenvalue weighted by Gasteiger charge is -2.25. The second kappa shape index (κ2) is 17.5. The molecule has 0 spiro atoms. The van der Waals surface area contributed by atoms with Crippen LogP contribution >= 0.6 is 0 Å². The third-order valence-electron chi connectivity index (χ3n) is 7.09. The average Bonchev–Trinajstić information content (AvgIpc) is 3.03. The van der Waals surface area contributed by atoms with Gasteiger partial charge in [-0.1, -0.05) is 54.6 Å². The average molecular weight is 666 g/mol. The Morgan fingerprint density at radius 3 is 2.23 bits per heavy atom. The van der Waals surface area contributed by atoms with E-state index in [1.165, 1.54) is 19.2 Å². The Morgan fingerprint density at radius 1 is 0.917 bits per heavy atom. The van der Waals surface area contributed by atoms with E-state index in [0.717, 1.165) is 5.56 Å². The number of esters is 1. The first-order valence-corrected chi connectivity index (χ1v) is 15.5. The zero-order chi connectivity index (χ0) is 35.3. The van der Waals surface area contributed by atoms with Crippen LogP contribution in [0.5, 0.6) is 5.75 Å². The van der Waals surface area contributed by atoms with Gasteiger partial charge < -0.3 is 41.2 Å². The maximum absolute atomic E-state index is 13.6. The van der Waals surface area contributed by atoms with Crippen LogP contribution in [-0.2, 0) is 46.3 Å². The molecule has 0 fully saturated rings. The Bertz CT molecular complexity index is 1470. The van der Waals surface area contributed by atoms with Gasteiger partial charge in [0.05, 0.1) is 13.7 Å². The van der Waals surface area contributed by atoms with Gasteiger partial charge in [0.2, 0.25) is 23.6 Å². The number of methoxy groups -OCH3 is 1. The molecule has 14 nitrogen and oxygen atoms in total. The van der Waals surface area contributed by atoms with E-state index in [1.54, 1.807) is 69.3 Å². The van der Waals surface area contributed by atoms with Gasteiger partial charge in [0.25, 0.3) is 0 Å². The van der Waals surface area contributed by atoms with Gasteiger partial charge in [0, 0.05) is 12.8 Å².